The molecule has 2 atom stereocenters. The van der Waals surface area contributed by atoms with E-state index in [0.29, 0.717) is 11.8 Å². The van der Waals surface area contributed by atoms with Gasteiger partial charge in [-0.2, -0.15) is 0 Å². The summed E-state index contributed by atoms with van der Waals surface area (Å²) in [6, 6.07) is 5.37. The first kappa shape index (κ1) is 9.78. The highest BCUT2D eigenvalue weighted by Gasteiger charge is 2.31. The van der Waals surface area contributed by atoms with Crippen LogP contribution in [0.1, 0.15) is 35.8 Å². The van der Waals surface area contributed by atoms with Crippen LogP contribution < -0.4 is 5.32 Å². The zero-order valence-electron chi connectivity index (χ0n) is 8.98. The second-order valence-electron chi connectivity index (χ2n) is 4.70. The summed E-state index contributed by atoms with van der Waals surface area (Å²) in [6.07, 6.45) is 2.37. The van der Waals surface area contributed by atoms with E-state index in [0.717, 1.165) is 19.5 Å². The van der Waals surface area contributed by atoms with Crippen molar-refractivity contribution in [3.63, 3.8) is 0 Å². The van der Waals surface area contributed by atoms with Crippen molar-refractivity contribution in [1.29, 1.82) is 0 Å². The van der Waals surface area contributed by atoms with Crippen LogP contribution in [0.25, 0.3) is 0 Å². The summed E-state index contributed by atoms with van der Waals surface area (Å²) >= 11 is 0. The molecule has 1 saturated heterocycles. The van der Waals surface area contributed by atoms with Gasteiger partial charge in [0.15, 0.2) is 0 Å². The van der Waals surface area contributed by atoms with E-state index in [9.17, 15) is 10.1 Å². The fraction of sp³-hybridized carbons (Fsp3) is 0.500. The molecule has 2 bridgehead atoms. The van der Waals surface area contributed by atoms with Gasteiger partial charge in [0.05, 0.1) is 4.92 Å². The maximum absolute atomic E-state index is 10.8. The Balaban J connectivity index is 2.11. The predicted octanol–water partition coefficient (Wildman–Crippen LogP) is 2.16. The average Bonchev–Trinajstić information content (AvgIpc) is 2.62. The number of fused-ring (bicyclic) bond motifs is 3. The molecule has 16 heavy (non-hydrogen) atoms. The topological polar surface area (TPSA) is 55.2 Å². The third-order valence-electron chi connectivity index (χ3n) is 3.81. The minimum atomic E-state index is -0.299. The molecule has 0 radical (unpaired) electrons. The van der Waals surface area contributed by atoms with Gasteiger partial charge in [-0.1, -0.05) is 6.07 Å². The zero-order valence-corrected chi connectivity index (χ0v) is 8.98. The van der Waals surface area contributed by atoms with Crippen LogP contribution in [-0.4, -0.2) is 18.0 Å². The van der Waals surface area contributed by atoms with E-state index >= 15 is 0 Å². The fourth-order valence-electron chi connectivity index (χ4n) is 2.97. The Bertz CT molecular complexity index is 441. The van der Waals surface area contributed by atoms with Crippen molar-refractivity contribution < 1.29 is 4.92 Å². The number of nitrogens with zero attached hydrogens (tertiary/aromatic N) is 1. The molecule has 2 heterocycles. The van der Waals surface area contributed by atoms with E-state index in [1.165, 1.54) is 17.5 Å². The number of hydrogen-bond donors (Lipinski definition) is 1. The van der Waals surface area contributed by atoms with E-state index in [1.54, 1.807) is 12.1 Å². The molecule has 0 aromatic heterocycles. The molecular weight excluding hydrogens is 204 g/mol. The first-order chi connectivity index (χ1) is 7.75. The van der Waals surface area contributed by atoms with Crippen LogP contribution in [0.4, 0.5) is 5.69 Å². The zero-order chi connectivity index (χ0) is 11.1. The number of benzene rings is 1. The second-order valence-corrected chi connectivity index (χ2v) is 4.70. The minimum Gasteiger partial charge on any atom is -0.316 e. The Morgan fingerprint density at radius 3 is 2.56 bits per heavy atom. The van der Waals surface area contributed by atoms with Crippen LogP contribution in [0.5, 0.6) is 0 Å². The quantitative estimate of drug-likeness (QED) is 0.580. The molecule has 4 nitrogen and oxygen atoms in total. The van der Waals surface area contributed by atoms with Crippen LogP contribution in [-0.2, 0) is 0 Å². The van der Waals surface area contributed by atoms with Crippen molar-refractivity contribution in [2.75, 3.05) is 13.1 Å². The van der Waals surface area contributed by atoms with E-state index < -0.39 is 0 Å². The Kier molecular flexibility index (Phi) is 2.17. The van der Waals surface area contributed by atoms with Crippen LogP contribution in [0, 0.1) is 10.1 Å². The van der Waals surface area contributed by atoms with Crippen LogP contribution in [0.3, 0.4) is 0 Å². The van der Waals surface area contributed by atoms with Crippen LogP contribution in [0.2, 0.25) is 0 Å². The van der Waals surface area contributed by atoms with Gasteiger partial charge >= 0.3 is 0 Å². The summed E-state index contributed by atoms with van der Waals surface area (Å²) in [7, 11) is 0. The first-order valence-electron chi connectivity index (χ1n) is 5.74. The highest BCUT2D eigenvalue weighted by molar-refractivity contribution is 5.45. The molecule has 84 valence electrons. The van der Waals surface area contributed by atoms with Gasteiger partial charge in [-0.05, 0) is 35.8 Å². The number of nitro groups is 1. The molecule has 1 aliphatic carbocycles. The smallest absolute Gasteiger partial charge is 0.269 e. The number of hydrogen-bond acceptors (Lipinski definition) is 3. The van der Waals surface area contributed by atoms with Gasteiger partial charge in [0.1, 0.15) is 0 Å². The Labute approximate surface area is 93.8 Å². The number of non-ortho nitro benzene ring substituents is 1. The fourth-order valence-corrected chi connectivity index (χ4v) is 2.97. The highest BCUT2D eigenvalue weighted by Crippen LogP contribution is 2.41. The molecule has 2 aliphatic heterocycles. The number of rotatable bonds is 1. The Morgan fingerprint density at radius 1 is 1.19 bits per heavy atom. The molecule has 2 unspecified atom stereocenters. The van der Waals surface area contributed by atoms with Gasteiger partial charge in [-0.15, -0.1) is 0 Å². The van der Waals surface area contributed by atoms with Gasteiger partial charge in [-0.25, -0.2) is 0 Å². The molecule has 4 heteroatoms. The molecule has 0 saturated carbocycles. The van der Waals surface area contributed by atoms with Gasteiger partial charge in [0, 0.05) is 25.2 Å². The summed E-state index contributed by atoms with van der Waals surface area (Å²) in [5.41, 5.74) is 2.76. The molecule has 1 N–H and O–H groups in total. The summed E-state index contributed by atoms with van der Waals surface area (Å²) < 4.78 is 0. The van der Waals surface area contributed by atoms with E-state index in [4.69, 9.17) is 0 Å². The lowest BCUT2D eigenvalue weighted by molar-refractivity contribution is -0.385. The first-order valence-corrected chi connectivity index (χ1v) is 5.74. The third-order valence-corrected chi connectivity index (χ3v) is 3.81. The third kappa shape index (κ3) is 1.41. The molecular formula is C12H14N2O2. The number of nitro benzene ring substituents is 1. The molecule has 3 aliphatic rings. The predicted molar refractivity (Wildman–Crippen MR) is 60.7 cm³/mol. The maximum Gasteiger partial charge on any atom is 0.269 e. The minimum absolute atomic E-state index is 0.228. The summed E-state index contributed by atoms with van der Waals surface area (Å²) in [5, 5.41) is 14.2. The average molecular weight is 218 g/mol. The normalized spacial score (nSPS) is 27.2. The van der Waals surface area contributed by atoms with E-state index in [2.05, 4.69) is 5.32 Å². The monoisotopic (exact) mass is 218 g/mol. The lowest BCUT2D eigenvalue weighted by Crippen LogP contribution is -2.18. The molecule has 0 amide bonds. The summed E-state index contributed by atoms with van der Waals surface area (Å²) in [4.78, 5) is 10.5. The van der Waals surface area contributed by atoms with Crippen molar-refractivity contribution in [2.24, 2.45) is 0 Å². The SMILES string of the molecule is O=[N+]([O-])c1ccc2c(c1)C1CCC2CNC1. The summed E-state index contributed by atoms with van der Waals surface area (Å²) in [6.45, 7) is 1.98. The molecule has 1 aromatic carbocycles. The maximum atomic E-state index is 10.8. The van der Waals surface area contributed by atoms with Gasteiger partial charge in [-0.3, -0.25) is 10.1 Å². The van der Waals surface area contributed by atoms with Gasteiger partial charge in [0.25, 0.3) is 5.69 Å². The molecule has 1 fully saturated rings. The second kappa shape index (κ2) is 3.56. The van der Waals surface area contributed by atoms with E-state index in [1.807, 2.05) is 6.07 Å². The van der Waals surface area contributed by atoms with Crippen molar-refractivity contribution >= 4 is 5.69 Å². The van der Waals surface area contributed by atoms with Crippen molar-refractivity contribution in [2.45, 2.75) is 24.7 Å². The molecule has 1 aromatic rings. The standard InChI is InChI=1S/C12H14N2O2/c15-14(16)10-3-4-11-8-1-2-9(7-13-6-8)12(11)5-10/h3-5,8-9,13H,1-2,6-7H2. The van der Waals surface area contributed by atoms with Crippen molar-refractivity contribution in [1.82, 2.24) is 5.32 Å². The van der Waals surface area contributed by atoms with E-state index in [-0.39, 0.29) is 10.6 Å². The van der Waals surface area contributed by atoms with Gasteiger partial charge in [0.2, 0.25) is 0 Å². The van der Waals surface area contributed by atoms with Crippen LogP contribution >= 0.6 is 0 Å². The largest absolute Gasteiger partial charge is 0.316 e. The lowest BCUT2D eigenvalue weighted by atomic mass is 9.78. The molecule has 0 spiro atoms. The number of nitrogens with one attached hydrogen (secondary N) is 1. The van der Waals surface area contributed by atoms with Crippen LogP contribution in [0.15, 0.2) is 18.2 Å². The van der Waals surface area contributed by atoms with Crippen molar-refractivity contribution in [3.05, 3.63) is 39.4 Å². The lowest BCUT2D eigenvalue weighted by Gasteiger charge is -2.26. The van der Waals surface area contributed by atoms with Crippen molar-refractivity contribution in [3.8, 4) is 0 Å². The Hall–Kier alpha value is -1.42. The van der Waals surface area contributed by atoms with Gasteiger partial charge < -0.3 is 5.32 Å². The highest BCUT2D eigenvalue weighted by atomic mass is 16.6. The Morgan fingerprint density at radius 2 is 1.88 bits per heavy atom. The molecule has 4 rings (SSSR count). The summed E-state index contributed by atoms with van der Waals surface area (Å²) in [5.74, 6) is 1.02.